The van der Waals surface area contributed by atoms with Crippen LogP contribution >= 0.6 is 0 Å². The van der Waals surface area contributed by atoms with Crippen molar-refractivity contribution in [1.29, 1.82) is 0 Å². The molecule has 6 heterocycles. The van der Waals surface area contributed by atoms with Gasteiger partial charge in [0.05, 0.1) is 70.6 Å². The van der Waals surface area contributed by atoms with E-state index in [-0.39, 0.29) is 11.8 Å². The lowest BCUT2D eigenvalue weighted by atomic mass is 10.1. The summed E-state index contributed by atoms with van der Waals surface area (Å²) in [6, 6.07) is 5.94. The summed E-state index contributed by atoms with van der Waals surface area (Å²) in [4.78, 5) is 33.3. The van der Waals surface area contributed by atoms with Gasteiger partial charge in [-0.25, -0.2) is 4.98 Å². The fourth-order valence-electron chi connectivity index (χ4n) is 4.43. The predicted octanol–water partition coefficient (Wildman–Crippen LogP) is 5.04. The Morgan fingerprint density at radius 2 is 1.86 bits per heavy atom. The number of rotatable bonds is 6. The molecule has 0 saturated heterocycles. The maximum Gasteiger partial charge on any atom is 0.224 e. The van der Waals surface area contributed by atoms with Crippen LogP contribution in [0.2, 0.25) is 0 Å². The van der Waals surface area contributed by atoms with Crippen molar-refractivity contribution in [2.24, 2.45) is 5.92 Å². The monoisotopic (exact) mass is 491 g/mol. The van der Waals surface area contributed by atoms with Crippen molar-refractivity contribution in [3.05, 3.63) is 67.4 Å². The Morgan fingerprint density at radius 3 is 2.68 bits per heavy atom. The third kappa shape index (κ3) is 4.33. The number of H-pyrrole nitrogens is 2. The number of nitrogens with one attached hydrogen (secondary N) is 3. The van der Waals surface area contributed by atoms with E-state index in [1.165, 1.54) is 0 Å². The molecule has 0 saturated carbocycles. The SMILES string of the molecule is Cc1cn(-c2cncc3[nH]c(-c4n[nH]c5cnc(-c6cncc(NC(=O)CC(C)C)c6)cc45)cc23)cn1. The molecule has 0 unspecified atom stereocenters. The smallest absolute Gasteiger partial charge is 0.224 e. The number of aromatic nitrogens is 8. The summed E-state index contributed by atoms with van der Waals surface area (Å²) in [6.45, 7) is 5.98. The zero-order chi connectivity index (χ0) is 25.5. The summed E-state index contributed by atoms with van der Waals surface area (Å²) >= 11 is 0. The van der Waals surface area contributed by atoms with Crippen molar-refractivity contribution in [3.63, 3.8) is 0 Å². The highest BCUT2D eigenvalue weighted by atomic mass is 16.1. The first kappa shape index (κ1) is 22.6. The Hall–Kier alpha value is -4.86. The van der Waals surface area contributed by atoms with Crippen molar-refractivity contribution < 1.29 is 4.79 Å². The van der Waals surface area contributed by atoms with Crippen LogP contribution in [0.15, 0.2) is 61.7 Å². The van der Waals surface area contributed by atoms with Crippen molar-refractivity contribution in [2.75, 3.05) is 5.32 Å². The topological polar surface area (TPSA) is 130 Å². The van der Waals surface area contributed by atoms with Gasteiger partial charge in [0.2, 0.25) is 5.91 Å². The second-order valence-electron chi connectivity index (χ2n) is 9.52. The van der Waals surface area contributed by atoms with Crippen LogP contribution < -0.4 is 5.32 Å². The number of aromatic amines is 2. The van der Waals surface area contributed by atoms with E-state index in [0.29, 0.717) is 12.1 Å². The summed E-state index contributed by atoms with van der Waals surface area (Å²) in [5.74, 6) is 0.244. The Bertz CT molecular complexity index is 1760. The molecule has 6 rings (SSSR count). The minimum absolute atomic E-state index is 0.0343. The lowest BCUT2D eigenvalue weighted by Crippen LogP contribution is -2.13. The summed E-state index contributed by atoms with van der Waals surface area (Å²) in [5, 5.41) is 12.5. The van der Waals surface area contributed by atoms with E-state index in [2.05, 4.69) is 46.5 Å². The molecule has 0 atom stereocenters. The molecule has 0 aliphatic heterocycles. The van der Waals surface area contributed by atoms with Crippen molar-refractivity contribution in [1.82, 2.24) is 39.7 Å². The summed E-state index contributed by atoms with van der Waals surface area (Å²) in [5.41, 5.74) is 7.39. The van der Waals surface area contributed by atoms with E-state index in [1.807, 2.05) is 49.9 Å². The van der Waals surface area contributed by atoms with Gasteiger partial charge in [-0.1, -0.05) is 13.8 Å². The van der Waals surface area contributed by atoms with E-state index in [1.54, 1.807) is 31.1 Å². The van der Waals surface area contributed by atoms with E-state index in [9.17, 15) is 4.79 Å². The van der Waals surface area contributed by atoms with E-state index in [0.717, 1.165) is 55.8 Å². The molecule has 0 bridgehead atoms. The minimum Gasteiger partial charge on any atom is -0.352 e. The van der Waals surface area contributed by atoms with Crippen LogP contribution in [0.4, 0.5) is 5.69 Å². The molecular formula is C27H25N9O. The summed E-state index contributed by atoms with van der Waals surface area (Å²) in [6.07, 6.45) is 13.0. The number of hydrogen-bond donors (Lipinski definition) is 3. The summed E-state index contributed by atoms with van der Waals surface area (Å²) in [7, 11) is 0. The van der Waals surface area contributed by atoms with E-state index in [4.69, 9.17) is 0 Å². The standard InChI is InChI=1S/C27H25N9O/c1-15(2)4-26(37)32-18-5-17(8-28-9-18)21-7-20-24(11-30-21)34-35-27(20)22-6-19-23(33-22)10-29-12-25(19)36-13-16(3)31-14-36/h5-15,33H,4H2,1-3H3,(H,32,37)(H,34,35). The molecule has 3 N–H and O–H groups in total. The average Bonchev–Trinajstić information content (AvgIpc) is 3.60. The molecule has 1 amide bonds. The van der Waals surface area contributed by atoms with Gasteiger partial charge < -0.3 is 14.9 Å². The third-order valence-electron chi connectivity index (χ3n) is 6.13. The quantitative estimate of drug-likeness (QED) is 0.299. The predicted molar refractivity (Wildman–Crippen MR) is 142 cm³/mol. The number of aryl methyl sites for hydroxylation is 1. The summed E-state index contributed by atoms with van der Waals surface area (Å²) < 4.78 is 1.97. The van der Waals surface area contributed by atoms with E-state index < -0.39 is 0 Å². The molecule has 6 aromatic heterocycles. The van der Waals surface area contributed by atoms with Crippen LogP contribution in [0.5, 0.6) is 0 Å². The van der Waals surface area contributed by atoms with Crippen LogP contribution in [-0.2, 0) is 4.79 Å². The molecular weight excluding hydrogens is 466 g/mol. The van der Waals surface area contributed by atoms with Crippen LogP contribution in [0.3, 0.4) is 0 Å². The largest absolute Gasteiger partial charge is 0.352 e. The average molecular weight is 492 g/mol. The molecule has 37 heavy (non-hydrogen) atoms. The van der Waals surface area contributed by atoms with Gasteiger partial charge in [0.1, 0.15) is 5.69 Å². The molecule has 10 heteroatoms. The van der Waals surface area contributed by atoms with Gasteiger partial charge in [-0.05, 0) is 31.0 Å². The Morgan fingerprint density at radius 1 is 1.00 bits per heavy atom. The number of pyridine rings is 3. The Balaban J connectivity index is 1.38. The highest BCUT2D eigenvalue weighted by Gasteiger charge is 2.16. The fraction of sp³-hybridized carbons (Fsp3) is 0.185. The van der Waals surface area contributed by atoms with E-state index >= 15 is 0 Å². The second-order valence-corrected chi connectivity index (χ2v) is 9.52. The van der Waals surface area contributed by atoms with Crippen molar-refractivity contribution in [3.8, 4) is 28.3 Å². The number of anilines is 1. The zero-order valence-corrected chi connectivity index (χ0v) is 20.6. The van der Waals surface area contributed by atoms with Crippen LogP contribution in [0.25, 0.3) is 50.1 Å². The second kappa shape index (κ2) is 8.98. The molecule has 10 nitrogen and oxygen atoms in total. The molecule has 0 spiro atoms. The first-order valence-corrected chi connectivity index (χ1v) is 12.0. The first-order valence-electron chi connectivity index (χ1n) is 12.0. The molecule has 0 aliphatic rings. The molecule has 0 fully saturated rings. The number of carbonyl (C=O) groups is 1. The molecule has 0 aromatic carbocycles. The van der Waals surface area contributed by atoms with Crippen LogP contribution in [0, 0.1) is 12.8 Å². The lowest BCUT2D eigenvalue weighted by molar-refractivity contribution is -0.116. The normalized spacial score (nSPS) is 11.6. The van der Waals surface area contributed by atoms with Crippen LogP contribution in [-0.4, -0.2) is 45.6 Å². The highest BCUT2D eigenvalue weighted by Crippen LogP contribution is 2.32. The molecule has 0 radical (unpaired) electrons. The molecule has 6 aromatic rings. The molecule has 0 aliphatic carbocycles. The number of imidazole rings is 1. The number of hydrogen-bond acceptors (Lipinski definition) is 6. The van der Waals surface area contributed by atoms with Crippen molar-refractivity contribution >= 4 is 33.4 Å². The maximum atomic E-state index is 12.2. The third-order valence-corrected chi connectivity index (χ3v) is 6.13. The van der Waals surface area contributed by atoms with Gasteiger partial charge in [-0.3, -0.25) is 24.8 Å². The lowest BCUT2D eigenvalue weighted by Gasteiger charge is -2.08. The van der Waals surface area contributed by atoms with Gasteiger partial charge in [-0.2, -0.15) is 5.10 Å². The Labute approximate surface area is 212 Å². The first-order chi connectivity index (χ1) is 17.9. The zero-order valence-electron chi connectivity index (χ0n) is 20.6. The Kier molecular flexibility index (Phi) is 5.48. The van der Waals surface area contributed by atoms with Gasteiger partial charge in [0.15, 0.2) is 0 Å². The number of carbonyl (C=O) groups excluding carboxylic acids is 1. The minimum atomic E-state index is -0.0343. The number of fused-ring (bicyclic) bond motifs is 2. The highest BCUT2D eigenvalue weighted by molar-refractivity contribution is 5.98. The molecule has 184 valence electrons. The van der Waals surface area contributed by atoms with Gasteiger partial charge in [0.25, 0.3) is 0 Å². The number of amides is 1. The maximum absolute atomic E-state index is 12.2. The van der Waals surface area contributed by atoms with Crippen molar-refractivity contribution in [2.45, 2.75) is 27.2 Å². The van der Waals surface area contributed by atoms with Gasteiger partial charge in [0, 0.05) is 35.2 Å². The van der Waals surface area contributed by atoms with Gasteiger partial charge in [-0.15, -0.1) is 0 Å². The fourth-order valence-corrected chi connectivity index (χ4v) is 4.43. The van der Waals surface area contributed by atoms with Gasteiger partial charge >= 0.3 is 0 Å². The number of nitrogens with zero attached hydrogens (tertiary/aromatic N) is 6. The van der Waals surface area contributed by atoms with Crippen LogP contribution in [0.1, 0.15) is 26.0 Å².